The number of hydrogen-bond donors (Lipinski definition) is 1. The minimum absolute atomic E-state index is 0.756. The van der Waals surface area contributed by atoms with Crippen LogP contribution in [-0.4, -0.2) is 18.2 Å². The van der Waals surface area contributed by atoms with Crippen LogP contribution in [-0.2, 0) is 16.0 Å². The van der Waals surface area contributed by atoms with E-state index < -0.39 is 12.1 Å². The summed E-state index contributed by atoms with van der Waals surface area (Å²) in [7, 11) is 1.41. The summed E-state index contributed by atoms with van der Waals surface area (Å²) in [5.74, 6) is -0.938. The van der Waals surface area contributed by atoms with Crippen LogP contribution in [0.3, 0.4) is 0 Å². The first-order chi connectivity index (χ1) is 6.19. The van der Waals surface area contributed by atoms with Crippen LogP contribution in [0.25, 0.3) is 0 Å². The standard InChI is InChI=1S/C9H12O3S/c1-3-6-4-5-7(13-6)8(12-2)9(10)11/h4-5,8H,3H2,1-2H3,(H,10,11). The highest BCUT2D eigenvalue weighted by molar-refractivity contribution is 7.12. The number of carboxylic acid groups (broad SMARTS) is 1. The van der Waals surface area contributed by atoms with Gasteiger partial charge in [-0.25, -0.2) is 4.79 Å². The Morgan fingerprint density at radius 1 is 1.69 bits per heavy atom. The van der Waals surface area contributed by atoms with Crippen molar-refractivity contribution in [2.24, 2.45) is 0 Å². The summed E-state index contributed by atoms with van der Waals surface area (Å²) >= 11 is 1.49. The van der Waals surface area contributed by atoms with Crippen LogP contribution >= 0.6 is 11.3 Å². The van der Waals surface area contributed by atoms with Gasteiger partial charge in [0, 0.05) is 16.9 Å². The average molecular weight is 200 g/mol. The predicted octanol–water partition coefficient (Wildman–Crippen LogP) is 2.08. The number of methoxy groups -OCH3 is 1. The molecule has 0 spiro atoms. The van der Waals surface area contributed by atoms with Gasteiger partial charge in [0.25, 0.3) is 0 Å². The van der Waals surface area contributed by atoms with E-state index >= 15 is 0 Å². The smallest absolute Gasteiger partial charge is 0.338 e. The van der Waals surface area contributed by atoms with Crippen LogP contribution in [0.4, 0.5) is 0 Å². The van der Waals surface area contributed by atoms with Crippen molar-refractivity contribution in [2.45, 2.75) is 19.4 Å². The Bertz CT molecular complexity index is 293. The number of hydrogen-bond acceptors (Lipinski definition) is 3. The second-order valence-electron chi connectivity index (χ2n) is 2.61. The molecule has 3 nitrogen and oxygen atoms in total. The van der Waals surface area contributed by atoms with Crippen LogP contribution in [0.15, 0.2) is 12.1 Å². The lowest BCUT2D eigenvalue weighted by Gasteiger charge is -2.06. The monoisotopic (exact) mass is 200 g/mol. The fraction of sp³-hybridized carbons (Fsp3) is 0.444. The Hall–Kier alpha value is -0.870. The fourth-order valence-electron chi connectivity index (χ4n) is 1.06. The van der Waals surface area contributed by atoms with E-state index in [0.29, 0.717) is 0 Å². The molecule has 1 aromatic rings. The van der Waals surface area contributed by atoms with Gasteiger partial charge in [0.1, 0.15) is 0 Å². The first kappa shape index (κ1) is 10.2. The van der Waals surface area contributed by atoms with Crippen molar-refractivity contribution in [2.75, 3.05) is 7.11 Å². The van der Waals surface area contributed by atoms with Gasteiger partial charge in [0.05, 0.1) is 0 Å². The van der Waals surface area contributed by atoms with Gasteiger partial charge >= 0.3 is 5.97 Å². The van der Waals surface area contributed by atoms with E-state index in [4.69, 9.17) is 9.84 Å². The molecule has 1 aromatic heterocycles. The molecule has 0 fully saturated rings. The second-order valence-corrected chi connectivity index (χ2v) is 3.81. The van der Waals surface area contributed by atoms with Gasteiger partial charge in [-0.3, -0.25) is 0 Å². The van der Waals surface area contributed by atoms with Gasteiger partial charge in [-0.2, -0.15) is 0 Å². The van der Waals surface area contributed by atoms with Gasteiger partial charge in [0.2, 0.25) is 0 Å². The first-order valence-electron chi connectivity index (χ1n) is 4.03. The highest BCUT2D eigenvalue weighted by Crippen LogP contribution is 2.25. The molecule has 4 heteroatoms. The molecule has 1 N–H and O–H groups in total. The molecule has 0 aromatic carbocycles. The van der Waals surface area contributed by atoms with Crippen LogP contribution < -0.4 is 0 Å². The summed E-state index contributed by atoms with van der Waals surface area (Å²) in [5.41, 5.74) is 0. The van der Waals surface area contributed by atoms with Gasteiger partial charge in [-0.15, -0.1) is 11.3 Å². The lowest BCUT2D eigenvalue weighted by Crippen LogP contribution is -2.11. The zero-order valence-electron chi connectivity index (χ0n) is 7.61. The van der Waals surface area contributed by atoms with E-state index in [9.17, 15) is 4.79 Å². The minimum atomic E-state index is -0.938. The van der Waals surface area contributed by atoms with Crippen molar-refractivity contribution >= 4 is 17.3 Å². The van der Waals surface area contributed by atoms with Crippen molar-refractivity contribution in [3.8, 4) is 0 Å². The van der Waals surface area contributed by atoms with E-state index in [2.05, 4.69) is 0 Å². The molecule has 0 bridgehead atoms. The largest absolute Gasteiger partial charge is 0.479 e. The van der Waals surface area contributed by atoms with E-state index in [1.165, 1.54) is 23.3 Å². The normalized spacial score (nSPS) is 12.8. The number of carboxylic acids is 1. The fourth-order valence-corrected chi connectivity index (χ4v) is 2.09. The second kappa shape index (κ2) is 4.39. The Labute approximate surface area is 81.0 Å². The third-order valence-corrected chi connectivity index (χ3v) is 3.02. The van der Waals surface area contributed by atoms with Crippen molar-refractivity contribution in [1.82, 2.24) is 0 Å². The number of aliphatic carboxylic acids is 1. The molecule has 72 valence electrons. The maximum absolute atomic E-state index is 10.7. The molecule has 0 saturated carbocycles. The zero-order chi connectivity index (χ0) is 9.84. The SMILES string of the molecule is CCc1ccc(C(OC)C(=O)O)s1. The summed E-state index contributed by atoms with van der Waals surface area (Å²) in [6.45, 7) is 2.04. The summed E-state index contributed by atoms with van der Waals surface area (Å²) in [4.78, 5) is 12.6. The van der Waals surface area contributed by atoms with Gasteiger partial charge < -0.3 is 9.84 Å². The zero-order valence-corrected chi connectivity index (χ0v) is 8.43. The van der Waals surface area contributed by atoms with E-state index in [1.54, 1.807) is 0 Å². The number of thiophene rings is 1. The Balaban J connectivity index is 2.85. The van der Waals surface area contributed by atoms with Gasteiger partial charge in [0.15, 0.2) is 6.10 Å². The number of carbonyl (C=O) groups is 1. The number of rotatable bonds is 4. The molecule has 0 aliphatic rings. The highest BCUT2D eigenvalue weighted by Gasteiger charge is 2.20. The van der Waals surface area contributed by atoms with E-state index in [0.717, 1.165) is 11.3 Å². The molecule has 0 radical (unpaired) electrons. The molecule has 1 unspecified atom stereocenters. The lowest BCUT2D eigenvalue weighted by molar-refractivity contribution is -0.148. The van der Waals surface area contributed by atoms with Crippen LogP contribution in [0.1, 0.15) is 22.8 Å². The number of ether oxygens (including phenoxy) is 1. The van der Waals surface area contributed by atoms with Gasteiger partial charge in [-0.1, -0.05) is 6.92 Å². The molecule has 1 atom stereocenters. The summed E-state index contributed by atoms with van der Waals surface area (Å²) in [6.07, 6.45) is 0.117. The molecule has 0 aliphatic heterocycles. The molecule has 1 rings (SSSR count). The molecular weight excluding hydrogens is 188 g/mol. The molecule has 0 saturated heterocycles. The lowest BCUT2D eigenvalue weighted by atomic mass is 10.3. The van der Waals surface area contributed by atoms with Crippen LogP contribution in [0.2, 0.25) is 0 Å². The topological polar surface area (TPSA) is 46.5 Å². The van der Waals surface area contributed by atoms with Crippen LogP contribution in [0, 0.1) is 0 Å². The van der Waals surface area contributed by atoms with Crippen LogP contribution in [0.5, 0.6) is 0 Å². The Morgan fingerprint density at radius 2 is 2.38 bits per heavy atom. The molecule has 0 aliphatic carbocycles. The average Bonchev–Trinajstić information content (AvgIpc) is 2.53. The summed E-state index contributed by atoms with van der Waals surface area (Å²) < 4.78 is 4.87. The molecule has 13 heavy (non-hydrogen) atoms. The molecular formula is C9H12O3S. The summed E-state index contributed by atoms with van der Waals surface area (Å²) in [5, 5.41) is 8.79. The van der Waals surface area contributed by atoms with E-state index in [-0.39, 0.29) is 0 Å². The van der Waals surface area contributed by atoms with Crippen molar-refractivity contribution in [3.05, 3.63) is 21.9 Å². The van der Waals surface area contributed by atoms with Crippen molar-refractivity contribution in [1.29, 1.82) is 0 Å². The molecule has 0 amide bonds. The maximum atomic E-state index is 10.7. The van der Waals surface area contributed by atoms with Crippen molar-refractivity contribution in [3.63, 3.8) is 0 Å². The Morgan fingerprint density at radius 3 is 2.77 bits per heavy atom. The highest BCUT2D eigenvalue weighted by atomic mass is 32.1. The quantitative estimate of drug-likeness (QED) is 0.809. The molecule has 1 heterocycles. The van der Waals surface area contributed by atoms with E-state index in [1.807, 2.05) is 19.1 Å². The first-order valence-corrected chi connectivity index (χ1v) is 4.85. The third kappa shape index (κ3) is 2.29. The van der Waals surface area contributed by atoms with Crippen molar-refractivity contribution < 1.29 is 14.6 Å². The predicted molar refractivity (Wildman–Crippen MR) is 51.1 cm³/mol. The Kier molecular flexibility index (Phi) is 3.45. The minimum Gasteiger partial charge on any atom is -0.479 e. The summed E-state index contributed by atoms with van der Waals surface area (Å²) in [6, 6.07) is 3.75. The maximum Gasteiger partial charge on any atom is 0.338 e. The van der Waals surface area contributed by atoms with Gasteiger partial charge in [-0.05, 0) is 18.6 Å². The number of aryl methyl sites for hydroxylation is 1. The third-order valence-electron chi connectivity index (χ3n) is 1.75.